The van der Waals surface area contributed by atoms with E-state index in [1.807, 2.05) is 19.1 Å². The highest BCUT2D eigenvalue weighted by atomic mass is 35.5. The number of likely N-dealkylation sites (tertiary alicyclic amines) is 1. The third-order valence-corrected chi connectivity index (χ3v) is 7.46. The van der Waals surface area contributed by atoms with Crippen LogP contribution >= 0.6 is 11.6 Å². The van der Waals surface area contributed by atoms with Crippen LogP contribution in [0, 0.1) is 12.8 Å². The summed E-state index contributed by atoms with van der Waals surface area (Å²) >= 11 is 6.14. The van der Waals surface area contributed by atoms with Crippen molar-refractivity contribution >= 4 is 33.2 Å². The second-order valence-electron chi connectivity index (χ2n) is 8.25. The van der Waals surface area contributed by atoms with E-state index in [0.717, 1.165) is 37.5 Å². The fourth-order valence-electron chi connectivity index (χ4n) is 3.57. The van der Waals surface area contributed by atoms with E-state index in [2.05, 4.69) is 21.9 Å². The molecule has 3 rings (SSSR count). The van der Waals surface area contributed by atoms with Crippen molar-refractivity contribution < 1.29 is 13.2 Å². The summed E-state index contributed by atoms with van der Waals surface area (Å²) in [5, 5.41) is 2.94. The highest BCUT2D eigenvalue weighted by Gasteiger charge is 2.21. The molecule has 2 N–H and O–H groups in total. The molecule has 1 heterocycles. The summed E-state index contributed by atoms with van der Waals surface area (Å²) in [6.07, 6.45) is 3.31. The Kier molecular flexibility index (Phi) is 7.97. The molecule has 0 radical (unpaired) electrons. The van der Waals surface area contributed by atoms with E-state index in [9.17, 15) is 13.2 Å². The van der Waals surface area contributed by atoms with Gasteiger partial charge in [0.15, 0.2) is 0 Å². The lowest BCUT2D eigenvalue weighted by atomic mass is 9.99. The van der Waals surface area contributed by atoms with Crippen LogP contribution in [0.4, 0.5) is 5.69 Å². The molecule has 6 nitrogen and oxygen atoms in total. The number of halogens is 1. The molecule has 0 saturated carbocycles. The standard InChI is InChI=1S/C23H30ClN3O3S/c1-17-4-7-20(8-5-17)26-31(29,30)22-16-19(6-9-21(22)24)23(28)25-12-3-13-27-14-10-18(2)11-15-27/h4-9,16,18,26H,3,10-15H2,1-2H3,(H,25,28). The van der Waals surface area contributed by atoms with Crippen molar-refractivity contribution in [3.8, 4) is 0 Å². The van der Waals surface area contributed by atoms with E-state index < -0.39 is 10.0 Å². The number of rotatable bonds is 8. The topological polar surface area (TPSA) is 78.5 Å². The molecule has 0 unspecified atom stereocenters. The summed E-state index contributed by atoms with van der Waals surface area (Å²) in [5.41, 5.74) is 1.72. The van der Waals surface area contributed by atoms with Gasteiger partial charge < -0.3 is 10.2 Å². The third kappa shape index (κ3) is 6.69. The Bertz CT molecular complexity index is 1000. The molecule has 168 valence electrons. The van der Waals surface area contributed by atoms with Crippen molar-refractivity contribution in [3.63, 3.8) is 0 Å². The summed E-state index contributed by atoms with van der Waals surface area (Å²) in [6.45, 7) is 7.92. The lowest BCUT2D eigenvalue weighted by Crippen LogP contribution is -2.35. The minimum absolute atomic E-state index is 0.0653. The number of hydrogen-bond donors (Lipinski definition) is 2. The lowest BCUT2D eigenvalue weighted by Gasteiger charge is -2.30. The normalized spacial score (nSPS) is 15.6. The lowest BCUT2D eigenvalue weighted by molar-refractivity contribution is 0.0950. The molecule has 1 aliphatic heterocycles. The number of nitrogens with one attached hydrogen (secondary N) is 2. The molecule has 0 bridgehead atoms. The minimum Gasteiger partial charge on any atom is -0.352 e. The number of nitrogens with zero attached hydrogens (tertiary/aromatic N) is 1. The summed E-state index contributed by atoms with van der Waals surface area (Å²) < 4.78 is 28.1. The fourth-order valence-corrected chi connectivity index (χ4v) is 5.16. The molecule has 0 atom stereocenters. The Labute approximate surface area is 190 Å². The number of carbonyl (C=O) groups is 1. The predicted octanol–water partition coefficient (Wildman–Crippen LogP) is 4.30. The maximum absolute atomic E-state index is 12.8. The molecule has 0 aromatic heterocycles. The number of anilines is 1. The van der Waals surface area contributed by atoms with Crippen LogP contribution in [0.2, 0.25) is 5.02 Å². The Hall–Kier alpha value is -2.09. The van der Waals surface area contributed by atoms with Crippen LogP contribution in [-0.4, -0.2) is 45.4 Å². The van der Waals surface area contributed by atoms with Gasteiger partial charge in [0.1, 0.15) is 4.90 Å². The van der Waals surface area contributed by atoms with Gasteiger partial charge in [0.2, 0.25) is 0 Å². The molecule has 8 heteroatoms. The van der Waals surface area contributed by atoms with Gasteiger partial charge in [0.25, 0.3) is 15.9 Å². The van der Waals surface area contributed by atoms with Gasteiger partial charge in [-0.15, -0.1) is 0 Å². The van der Waals surface area contributed by atoms with Gasteiger partial charge in [-0.3, -0.25) is 9.52 Å². The summed E-state index contributed by atoms with van der Waals surface area (Å²) in [4.78, 5) is 14.8. The Morgan fingerprint density at radius 2 is 1.81 bits per heavy atom. The zero-order valence-corrected chi connectivity index (χ0v) is 19.6. The molecule has 1 saturated heterocycles. The summed E-state index contributed by atoms with van der Waals surface area (Å²) in [6, 6.07) is 11.3. The number of piperidine rings is 1. The number of carbonyl (C=O) groups excluding carboxylic acids is 1. The first-order chi connectivity index (χ1) is 14.7. The van der Waals surface area contributed by atoms with Gasteiger partial charge in [0, 0.05) is 17.8 Å². The predicted molar refractivity (Wildman–Crippen MR) is 125 cm³/mol. The molecular formula is C23H30ClN3O3S. The van der Waals surface area contributed by atoms with E-state index in [1.165, 1.54) is 31.0 Å². The van der Waals surface area contributed by atoms with Crippen LogP contribution in [0.3, 0.4) is 0 Å². The van der Waals surface area contributed by atoms with Crippen LogP contribution in [0.5, 0.6) is 0 Å². The van der Waals surface area contributed by atoms with Crippen molar-refractivity contribution in [3.05, 3.63) is 58.6 Å². The molecular weight excluding hydrogens is 434 g/mol. The van der Waals surface area contributed by atoms with Gasteiger partial charge in [-0.2, -0.15) is 0 Å². The Balaban J connectivity index is 1.59. The fraction of sp³-hybridized carbons (Fsp3) is 0.435. The monoisotopic (exact) mass is 463 g/mol. The van der Waals surface area contributed by atoms with E-state index in [0.29, 0.717) is 12.2 Å². The van der Waals surface area contributed by atoms with Crippen LogP contribution in [0.15, 0.2) is 47.4 Å². The van der Waals surface area contributed by atoms with E-state index in [4.69, 9.17) is 11.6 Å². The number of hydrogen-bond acceptors (Lipinski definition) is 4. The van der Waals surface area contributed by atoms with E-state index in [1.54, 1.807) is 12.1 Å². The number of aryl methyl sites for hydroxylation is 1. The molecule has 0 spiro atoms. The van der Waals surface area contributed by atoms with Gasteiger partial charge in [0.05, 0.1) is 5.02 Å². The third-order valence-electron chi connectivity index (χ3n) is 5.60. The average molecular weight is 464 g/mol. The van der Waals surface area contributed by atoms with Crippen LogP contribution in [-0.2, 0) is 10.0 Å². The zero-order valence-electron chi connectivity index (χ0n) is 18.0. The molecule has 0 aliphatic carbocycles. The molecule has 1 aliphatic rings. The maximum atomic E-state index is 12.8. The van der Waals surface area contributed by atoms with Gasteiger partial charge >= 0.3 is 0 Å². The van der Waals surface area contributed by atoms with E-state index >= 15 is 0 Å². The molecule has 1 amide bonds. The Morgan fingerprint density at radius 3 is 2.48 bits per heavy atom. The van der Waals surface area contributed by atoms with Gasteiger partial charge in [-0.1, -0.05) is 36.2 Å². The first-order valence-corrected chi connectivity index (χ1v) is 12.5. The highest BCUT2D eigenvalue weighted by molar-refractivity contribution is 7.92. The quantitative estimate of drug-likeness (QED) is 0.572. The molecule has 2 aromatic rings. The minimum atomic E-state index is -3.93. The largest absolute Gasteiger partial charge is 0.352 e. The summed E-state index contributed by atoms with van der Waals surface area (Å²) in [5.74, 6) is 0.488. The molecule has 1 fully saturated rings. The maximum Gasteiger partial charge on any atom is 0.263 e. The van der Waals surface area contributed by atoms with Crippen molar-refractivity contribution in [1.82, 2.24) is 10.2 Å². The zero-order chi connectivity index (χ0) is 22.4. The second-order valence-corrected chi connectivity index (χ2v) is 10.3. The first kappa shape index (κ1) is 23.6. The number of amides is 1. The van der Waals surface area contributed by atoms with Crippen molar-refractivity contribution in [2.45, 2.75) is 38.0 Å². The Morgan fingerprint density at radius 1 is 1.13 bits per heavy atom. The first-order valence-electron chi connectivity index (χ1n) is 10.6. The van der Waals surface area contributed by atoms with Crippen LogP contribution in [0.1, 0.15) is 42.1 Å². The van der Waals surface area contributed by atoms with E-state index in [-0.39, 0.29) is 21.4 Å². The molecule has 31 heavy (non-hydrogen) atoms. The van der Waals surface area contributed by atoms with Crippen molar-refractivity contribution in [2.75, 3.05) is 30.9 Å². The van der Waals surface area contributed by atoms with Gasteiger partial charge in [-0.05, 0) is 82.1 Å². The molecule has 2 aromatic carbocycles. The second kappa shape index (κ2) is 10.5. The smallest absolute Gasteiger partial charge is 0.263 e. The van der Waals surface area contributed by atoms with Crippen molar-refractivity contribution in [2.24, 2.45) is 5.92 Å². The number of sulfonamides is 1. The van der Waals surface area contributed by atoms with Crippen LogP contribution in [0.25, 0.3) is 0 Å². The summed E-state index contributed by atoms with van der Waals surface area (Å²) in [7, 11) is -3.93. The number of benzene rings is 2. The average Bonchev–Trinajstić information content (AvgIpc) is 2.74. The van der Waals surface area contributed by atoms with Crippen molar-refractivity contribution in [1.29, 1.82) is 0 Å². The van der Waals surface area contributed by atoms with Crippen LogP contribution < -0.4 is 10.0 Å². The van der Waals surface area contributed by atoms with Gasteiger partial charge in [-0.25, -0.2) is 8.42 Å². The highest BCUT2D eigenvalue weighted by Crippen LogP contribution is 2.25. The SMILES string of the molecule is Cc1ccc(NS(=O)(=O)c2cc(C(=O)NCCCN3CCC(C)CC3)ccc2Cl)cc1.